The van der Waals surface area contributed by atoms with Crippen molar-refractivity contribution in [3.63, 3.8) is 0 Å². The third kappa shape index (κ3) is 2.49. The largest absolute Gasteiger partial charge is 0.328 e. The Hall–Kier alpha value is -1.05. The van der Waals surface area contributed by atoms with Crippen molar-refractivity contribution in [2.75, 3.05) is 0 Å². The molecule has 0 aliphatic rings. The SMILES string of the molecule is CC(N)Cc1ccc2ccc(Cl)cc2c1. The van der Waals surface area contributed by atoms with Crippen LogP contribution < -0.4 is 5.73 Å². The third-order valence-corrected chi connectivity index (χ3v) is 2.66. The quantitative estimate of drug-likeness (QED) is 0.824. The van der Waals surface area contributed by atoms with Gasteiger partial charge in [0.2, 0.25) is 0 Å². The summed E-state index contributed by atoms with van der Waals surface area (Å²) in [5.41, 5.74) is 7.04. The molecule has 2 rings (SSSR count). The minimum atomic E-state index is 0.196. The van der Waals surface area contributed by atoms with Crippen molar-refractivity contribution in [1.29, 1.82) is 0 Å². The fourth-order valence-corrected chi connectivity index (χ4v) is 1.95. The first-order valence-electron chi connectivity index (χ1n) is 5.09. The number of rotatable bonds is 2. The lowest BCUT2D eigenvalue weighted by Gasteiger charge is -2.06. The molecular formula is C13H14ClN. The zero-order chi connectivity index (χ0) is 10.8. The van der Waals surface area contributed by atoms with E-state index in [0.717, 1.165) is 11.4 Å². The van der Waals surface area contributed by atoms with Gasteiger partial charge < -0.3 is 5.73 Å². The normalized spacial score (nSPS) is 13.0. The van der Waals surface area contributed by atoms with Gasteiger partial charge in [-0.05, 0) is 41.8 Å². The summed E-state index contributed by atoms with van der Waals surface area (Å²) in [6.45, 7) is 2.02. The second-order valence-corrected chi connectivity index (χ2v) is 4.44. The van der Waals surface area contributed by atoms with E-state index in [1.807, 2.05) is 25.1 Å². The highest BCUT2D eigenvalue weighted by Crippen LogP contribution is 2.21. The zero-order valence-corrected chi connectivity index (χ0v) is 9.46. The van der Waals surface area contributed by atoms with Gasteiger partial charge in [-0.15, -0.1) is 0 Å². The van der Waals surface area contributed by atoms with Crippen molar-refractivity contribution in [3.8, 4) is 0 Å². The summed E-state index contributed by atoms with van der Waals surface area (Å²) in [6.07, 6.45) is 0.905. The van der Waals surface area contributed by atoms with Crippen LogP contribution in [0.4, 0.5) is 0 Å². The Morgan fingerprint density at radius 2 is 1.87 bits per heavy atom. The summed E-state index contributed by atoms with van der Waals surface area (Å²) in [7, 11) is 0. The van der Waals surface area contributed by atoms with E-state index in [2.05, 4.69) is 18.2 Å². The molecule has 0 saturated heterocycles. The molecule has 1 unspecified atom stereocenters. The summed E-state index contributed by atoms with van der Waals surface area (Å²) < 4.78 is 0. The van der Waals surface area contributed by atoms with Crippen LogP contribution in [0.1, 0.15) is 12.5 Å². The molecule has 0 radical (unpaired) electrons. The molecule has 1 atom stereocenters. The maximum Gasteiger partial charge on any atom is 0.0412 e. The van der Waals surface area contributed by atoms with E-state index in [-0.39, 0.29) is 6.04 Å². The average molecular weight is 220 g/mol. The van der Waals surface area contributed by atoms with Gasteiger partial charge in [-0.25, -0.2) is 0 Å². The Balaban J connectivity index is 2.45. The molecular weight excluding hydrogens is 206 g/mol. The zero-order valence-electron chi connectivity index (χ0n) is 8.70. The van der Waals surface area contributed by atoms with Gasteiger partial charge in [0.05, 0.1) is 0 Å². The van der Waals surface area contributed by atoms with Gasteiger partial charge in [0.25, 0.3) is 0 Å². The highest BCUT2D eigenvalue weighted by atomic mass is 35.5. The molecule has 0 bridgehead atoms. The summed E-state index contributed by atoms with van der Waals surface area (Å²) in [4.78, 5) is 0. The maximum atomic E-state index is 5.95. The molecule has 2 N–H and O–H groups in total. The Morgan fingerprint density at radius 3 is 2.60 bits per heavy atom. The smallest absolute Gasteiger partial charge is 0.0412 e. The van der Waals surface area contributed by atoms with E-state index in [1.54, 1.807) is 0 Å². The van der Waals surface area contributed by atoms with Crippen molar-refractivity contribution in [1.82, 2.24) is 0 Å². The summed E-state index contributed by atoms with van der Waals surface area (Å²) in [6, 6.07) is 12.5. The van der Waals surface area contributed by atoms with Crippen molar-refractivity contribution in [3.05, 3.63) is 47.0 Å². The van der Waals surface area contributed by atoms with Gasteiger partial charge in [-0.1, -0.05) is 35.9 Å². The minimum absolute atomic E-state index is 0.196. The van der Waals surface area contributed by atoms with E-state index in [4.69, 9.17) is 17.3 Å². The van der Waals surface area contributed by atoms with Crippen molar-refractivity contribution in [2.24, 2.45) is 5.73 Å². The number of nitrogens with two attached hydrogens (primary N) is 1. The lowest BCUT2D eigenvalue weighted by atomic mass is 10.0. The first-order valence-corrected chi connectivity index (χ1v) is 5.47. The van der Waals surface area contributed by atoms with E-state index in [1.165, 1.54) is 16.3 Å². The van der Waals surface area contributed by atoms with Crippen LogP contribution in [-0.4, -0.2) is 6.04 Å². The van der Waals surface area contributed by atoms with Crippen LogP contribution in [0.2, 0.25) is 5.02 Å². The number of halogens is 1. The molecule has 0 spiro atoms. The molecule has 1 nitrogen and oxygen atoms in total. The minimum Gasteiger partial charge on any atom is -0.328 e. The topological polar surface area (TPSA) is 26.0 Å². The molecule has 0 aliphatic heterocycles. The van der Waals surface area contributed by atoms with Gasteiger partial charge in [0.15, 0.2) is 0 Å². The molecule has 0 fully saturated rings. The average Bonchev–Trinajstić information content (AvgIpc) is 2.16. The van der Waals surface area contributed by atoms with Crippen LogP contribution in [0.15, 0.2) is 36.4 Å². The number of hydrogen-bond acceptors (Lipinski definition) is 1. The predicted molar refractivity (Wildman–Crippen MR) is 66.3 cm³/mol. The number of benzene rings is 2. The van der Waals surface area contributed by atoms with Crippen LogP contribution in [0.5, 0.6) is 0 Å². The first kappa shape index (κ1) is 10.5. The van der Waals surface area contributed by atoms with E-state index in [9.17, 15) is 0 Å². The molecule has 0 saturated carbocycles. The van der Waals surface area contributed by atoms with Crippen molar-refractivity contribution < 1.29 is 0 Å². The number of fused-ring (bicyclic) bond motifs is 1. The highest BCUT2D eigenvalue weighted by Gasteiger charge is 2.00. The van der Waals surface area contributed by atoms with E-state index in [0.29, 0.717) is 0 Å². The Morgan fingerprint density at radius 1 is 1.13 bits per heavy atom. The predicted octanol–water partition coefficient (Wildman–Crippen LogP) is 3.38. The maximum absolute atomic E-state index is 5.95. The monoisotopic (exact) mass is 219 g/mol. The molecule has 0 aliphatic carbocycles. The van der Waals surface area contributed by atoms with E-state index < -0.39 is 0 Å². The van der Waals surface area contributed by atoms with Crippen LogP contribution in [0.3, 0.4) is 0 Å². The summed E-state index contributed by atoms with van der Waals surface area (Å²) in [5, 5.41) is 3.17. The van der Waals surface area contributed by atoms with Gasteiger partial charge in [0, 0.05) is 11.1 Å². The van der Waals surface area contributed by atoms with Crippen LogP contribution >= 0.6 is 11.6 Å². The number of hydrogen-bond donors (Lipinski definition) is 1. The second-order valence-electron chi connectivity index (χ2n) is 4.01. The molecule has 0 amide bonds. The van der Waals surface area contributed by atoms with Crippen LogP contribution in [0.25, 0.3) is 10.8 Å². The fraction of sp³-hybridized carbons (Fsp3) is 0.231. The van der Waals surface area contributed by atoms with Gasteiger partial charge >= 0.3 is 0 Å². The van der Waals surface area contributed by atoms with Gasteiger partial charge in [-0.3, -0.25) is 0 Å². The molecule has 2 aromatic carbocycles. The molecule has 2 heteroatoms. The lowest BCUT2D eigenvalue weighted by molar-refractivity contribution is 0.739. The third-order valence-electron chi connectivity index (χ3n) is 2.42. The molecule has 15 heavy (non-hydrogen) atoms. The summed E-state index contributed by atoms with van der Waals surface area (Å²) >= 11 is 5.95. The Bertz CT molecular complexity index is 477. The van der Waals surface area contributed by atoms with Gasteiger partial charge in [-0.2, -0.15) is 0 Å². The van der Waals surface area contributed by atoms with E-state index >= 15 is 0 Å². The standard InChI is InChI=1S/C13H14ClN/c1-9(15)6-10-2-3-11-4-5-13(14)8-12(11)7-10/h2-5,7-9H,6,15H2,1H3. The lowest BCUT2D eigenvalue weighted by Crippen LogP contribution is -2.17. The molecule has 0 heterocycles. The first-order chi connectivity index (χ1) is 7.15. The van der Waals surface area contributed by atoms with Crippen molar-refractivity contribution >= 4 is 22.4 Å². The molecule has 0 aromatic heterocycles. The fourth-order valence-electron chi connectivity index (χ4n) is 1.77. The van der Waals surface area contributed by atoms with Crippen molar-refractivity contribution in [2.45, 2.75) is 19.4 Å². The highest BCUT2D eigenvalue weighted by molar-refractivity contribution is 6.31. The summed E-state index contributed by atoms with van der Waals surface area (Å²) in [5.74, 6) is 0. The van der Waals surface area contributed by atoms with Gasteiger partial charge in [0.1, 0.15) is 0 Å². The Kier molecular flexibility index (Phi) is 2.94. The van der Waals surface area contributed by atoms with Crippen LogP contribution in [0, 0.1) is 0 Å². The second kappa shape index (κ2) is 4.21. The molecule has 78 valence electrons. The van der Waals surface area contributed by atoms with Crippen LogP contribution in [-0.2, 0) is 6.42 Å². The molecule has 2 aromatic rings. The Labute approximate surface area is 94.9 Å².